The molecule has 0 bridgehead atoms. The summed E-state index contributed by atoms with van der Waals surface area (Å²) in [5.41, 5.74) is 0.798. The lowest BCUT2D eigenvalue weighted by Gasteiger charge is -2.38. The first-order valence-electron chi connectivity index (χ1n) is 9.23. The monoisotopic (exact) mass is 396 g/mol. The zero-order valence-electron chi connectivity index (χ0n) is 16.7. The van der Waals surface area contributed by atoms with Gasteiger partial charge in [-0.25, -0.2) is 4.31 Å². The van der Waals surface area contributed by atoms with Gasteiger partial charge in [-0.05, 0) is 57.7 Å². The lowest BCUT2D eigenvalue weighted by atomic mass is 10.0. The van der Waals surface area contributed by atoms with Gasteiger partial charge in [0.1, 0.15) is 11.6 Å². The molecule has 1 fully saturated rings. The van der Waals surface area contributed by atoms with Crippen molar-refractivity contribution in [3.8, 4) is 0 Å². The summed E-state index contributed by atoms with van der Waals surface area (Å²) < 4.78 is 8.00. The number of hydrogen-bond donors (Lipinski definition) is 1. The van der Waals surface area contributed by atoms with E-state index in [0.717, 1.165) is 18.1 Å². The molecule has 0 spiro atoms. The van der Waals surface area contributed by atoms with Gasteiger partial charge in [0.05, 0.1) is 6.17 Å². The number of hydrogen-bond acceptors (Lipinski definition) is 6. The van der Waals surface area contributed by atoms with Crippen molar-refractivity contribution >= 4 is 29.7 Å². The van der Waals surface area contributed by atoms with Crippen molar-refractivity contribution < 1.29 is 9.53 Å². The van der Waals surface area contributed by atoms with Gasteiger partial charge in [-0.15, -0.1) is 0 Å². The standard InChI is InChI=1S/C20H32N2O2S2/c1-14(2)18(19(23)24-20(4,5)6)21-17-13-25-12-11-22(17)26-16-9-7-15(3)8-10-16/h7-10,14,17-18,21H,11-13H2,1-6H3. The van der Waals surface area contributed by atoms with Gasteiger partial charge < -0.3 is 4.74 Å². The van der Waals surface area contributed by atoms with Crippen LogP contribution in [0.5, 0.6) is 0 Å². The van der Waals surface area contributed by atoms with E-state index in [9.17, 15) is 4.79 Å². The predicted molar refractivity (Wildman–Crippen MR) is 112 cm³/mol. The fourth-order valence-corrected chi connectivity index (χ4v) is 4.84. The largest absolute Gasteiger partial charge is 0.459 e. The average molecular weight is 397 g/mol. The number of ether oxygens (including phenoxy) is 1. The highest BCUT2D eigenvalue weighted by Crippen LogP contribution is 2.29. The van der Waals surface area contributed by atoms with Gasteiger partial charge in [-0.3, -0.25) is 10.1 Å². The van der Waals surface area contributed by atoms with Crippen molar-refractivity contribution in [2.24, 2.45) is 5.92 Å². The summed E-state index contributed by atoms with van der Waals surface area (Å²) in [4.78, 5) is 13.9. The molecule has 1 aromatic carbocycles. The molecule has 0 aliphatic carbocycles. The van der Waals surface area contributed by atoms with E-state index in [1.807, 2.05) is 32.5 Å². The van der Waals surface area contributed by atoms with E-state index < -0.39 is 5.60 Å². The molecule has 1 aliphatic heterocycles. The Morgan fingerprint density at radius 3 is 2.54 bits per heavy atom. The van der Waals surface area contributed by atoms with Crippen molar-refractivity contribution in [3.63, 3.8) is 0 Å². The minimum absolute atomic E-state index is 0.139. The summed E-state index contributed by atoms with van der Waals surface area (Å²) in [5, 5.41) is 3.57. The molecule has 2 atom stereocenters. The second-order valence-corrected chi connectivity index (χ2v) is 10.3. The Hall–Kier alpha value is -0.690. The molecular formula is C20H32N2O2S2. The molecule has 2 unspecified atom stereocenters. The van der Waals surface area contributed by atoms with Gasteiger partial charge in [0, 0.05) is 22.9 Å². The first-order chi connectivity index (χ1) is 12.2. The molecule has 26 heavy (non-hydrogen) atoms. The Balaban J connectivity index is 2.06. The molecule has 1 heterocycles. The maximum Gasteiger partial charge on any atom is 0.323 e. The minimum atomic E-state index is -0.469. The van der Waals surface area contributed by atoms with Gasteiger partial charge in [0.25, 0.3) is 0 Å². The van der Waals surface area contributed by atoms with E-state index in [-0.39, 0.29) is 24.1 Å². The van der Waals surface area contributed by atoms with Crippen LogP contribution in [0, 0.1) is 12.8 Å². The minimum Gasteiger partial charge on any atom is -0.459 e. The highest BCUT2D eigenvalue weighted by molar-refractivity contribution is 8.00. The van der Waals surface area contributed by atoms with Gasteiger partial charge in [-0.1, -0.05) is 31.5 Å². The summed E-state index contributed by atoms with van der Waals surface area (Å²) in [6.45, 7) is 13.0. The average Bonchev–Trinajstić information content (AvgIpc) is 2.54. The highest BCUT2D eigenvalue weighted by Gasteiger charge is 2.33. The second kappa shape index (κ2) is 9.49. The van der Waals surface area contributed by atoms with E-state index >= 15 is 0 Å². The molecule has 0 radical (unpaired) electrons. The topological polar surface area (TPSA) is 41.6 Å². The van der Waals surface area contributed by atoms with Crippen molar-refractivity contribution in [2.45, 2.75) is 64.2 Å². The number of carbonyl (C=O) groups is 1. The molecule has 0 saturated carbocycles. The Morgan fingerprint density at radius 2 is 1.96 bits per heavy atom. The Bertz CT molecular complexity index is 584. The lowest BCUT2D eigenvalue weighted by molar-refractivity contribution is -0.159. The highest BCUT2D eigenvalue weighted by atomic mass is 32.2. The van der Waals surface area contributed by atoms with Gasteiger partial charge >= 0.3 is 5.97 Å². The fraction of sp³-hybridized carbons (Fsp3) is 0.650. The van der Waals surface area contributed by atoms with E-state index in [2.05, 4.69) is 54.7 Å². The second-order valence-electron chi connectivity index (χ2n) is 8.06. The maximum atomic E-state index is 12.7. The molecule has 146 valence electrons. The SMILES string of the molecule is Cc1ccc(SN2CCSCC2NC(C(=O)OC(C)(C)C)C(C)C)cc1. The third-order valence-electron chi connectivity index (χ3n) is 4.02. The molecule has 2 rings (SSSR count). The third-order valence-corrected chi connectivity index (χ3v) is 6.20. The zero-order valence-corrected chi connectivity index (χ0v) is 18.4. The van der Waals surface area contributed by atoms with Crippen LogP contribution in [-0.4, -0.2) is 46.1 Å². The van der Waals surface area contributed by atoms with Crippen LogP contribution in [0.25, 0.3) is 0 Å². The number of thioether (sulfide) groups is 1. The quantitative estimate of drug-likeness (QED) is 0.570. The molecule has 1 saturated heterocycles. The number of nitrogens with one attached hydrogen (secondary N) is 1. The number of benzene rings is 1. The van der Waals surface area contributed by atoms with Crippen LogP contribution in [0.15, 0.2) is 29.2 Å². The van der Waals surface area contributed by atoms with Crippen molar-refractivity contribution in [1.82, 2.24) is 9.62 Å². The summed E-state index contributed by atoms with van der Waals surface area (Å²) in [6.07, 6.45) is 0.139. The van der Waals surface area contributed by atoms with E-state index in [4.69, 9.17) is 4.74 Å². The van der Waals surface area contributed by atoms with Crippen molar-refractivity contribution in [1.29, 1.82) is 0 Å². The van der Waals surface area contributed by atoms with E-state index in [1.165, 1.54) is 10.5 Å². The third kappa shape index (κ3) is 6.80. The Morgan fingerprint density at radius 1 is 1.31 bits per heavy atom. The van der Waals surface area contributed by atoms with Crippen molar-refractivity contribution in [2.75, 3.05) is 18.1 Å². The smallest absolute Gasteiger partial charge is 0.323 e. The fourth-order valence-electron chi connectivity index (χ4n) is 2.67. The maximum absolute atomic E-state index is 12.7. The molecule has 4 nitrogen and oxygen atoms in total. The molecule has 1 aromatic rings. The van der Waals surface area contributed by atoms with Crippen LogP contribution in [0.3, 0.4) is 0 Å². The van der Waals surface area contributed by atoms with Gasteiger partial charge in [0.2, 0.25) is 0 Å². The van der Waals surface area contributed by atoms with Crippen LogP contribution in [0.1, 0.15) is 40.2 Å². The zero-order chi connectivity index (χ0) is 19.3. The number of esters is 1. The number of nitrogens with zero attached hydrogens (tertiary/aromatic N) is 1. The lowest BCUT2D eigenvalue weighted by Crippen LogP contribution is -2.56. The molecule has 0 amide bonds. The van der Waals surface area contributed by atoms with Crippen molar-refractivity contribution in [3.05, 3.63) is 29.8 Å². The molecule has 1 aliphatic rings. The van der Waals surface area contributed by atoms with Crippen LogP contribution >= 0.6 is 23.7 Å². The van der Waals surface area contributed by atoms with Crippen LogP contribution in [0.4, 0.5) is 0 Å². The number of carbonyl (C=O) groups excluding carboxylic acids is 1. The predicted octanol–water partition coefficient (Wildman–Crippen LogP) is 4.33. The molecule has 0 aromatic heterocycles. The molecular weight excluding hydrogens is 364 g/mol. The summed E-state index contributed by atoms with van der Waals surface area (Å²) in [6, 6.07) is 8.29. The first-order valence-corrected chi connectivity index (χ1v) is 11.2. The number of rotatable bonds is 6. The number of aryl methyl sites for hydroxylation is 1. The summed E-state index contributed by atoms with van der Waals surface area (Å²) in [5.74, 6) is 2.08. The Labute approximate surface area is 167 Å². The Kier molecular flexibility index (Phi) is 7.89. The van der Waals surface area contributed by atoms with Gasteiger partial charge in [-0.2, -0.15) is 11.8 Å². The van der Waals surface area contributed by atoms with Gasteiger partial charge in [0.15, 0.2) is 0 Å². The first kappa shape index (κ1) is 21.6. The summed E-state index contributed by atoms with van der Waals surface area (Å²) >= 11 is 3.69. The normalized spacial score (nSPS) is 20.2. The van der Waals surface area contributed by atoms with Crippen LogP contribution < -0.4 is 5.32 Å². The molecule has 6 heteroatoms. The molecule has 1 N–H and O–H groups in total. The van der Waals surface area contributed by atoms with E-state index in [0.29, 0.717) is 0 Å². The van der Waals surface area contributed by atoms with Crippen LogP contribution in [0.2, 0.25) is 0 Å². The summed E-state index contributed by atoms with van der Waals surface area (Å²) in [7, 11) is 0. The van der Waals surface area contributed by atoms with Crippen LogP contribution in [-0.2, 0) is 9.53 Å². The van der Waals surface area contributed by atoms with E-state index in [1.54, 1.807) is 11.9 Å².